The summed E-state index contributed by atoms with van der Waals surface area (Å²) in [5.74, 6) is 0.510. The number of amides is 1. The second kappa shape index (κ2) is 7.57. The number of carbonyl (C=O) groups excluding carboxylic acids is 2. The number of para-hydroxylation sites is 1. The molecule has 25 heavy (non-hydrogen) atoms. The fraction of sp³-hybridized carbons (Fsp3) is 0.222. The van der Waals surface area contributed by atoms with Crippen LogP contribution in [0.5, 0.6) is 11.5 Å². The van der Waals surface area contributed by atoms with E-state index in [1.165, 1.54) is 7.11 Å². The number of hydrogen-bond donors (Lipinski definition) is 1. The van der Waals surface area contributed by atoms with Gasteiger partial charge in [-0.2, -0.15) is 0 Å². The second-order valence-electron chi connectivity index (χ2n) is 5.35. The molecule has 0 fully saturated rings. The summed E-state index contributed by atoms with van der Waals surface area (Å²) in [5.41, 5.74) is 1.48. The average molecular weight is 406 g/mol. The third kappa shape index (κ3) is 3.93. The molecule has 2 aromatic carbocycles. The van der Waals surface area contributed by atoms with E-state index in [1.807, 2.05) is 0 Å². The highest BCUT2D eigenvalue weighted by molar-refractivity contribution is 9.10. The van der Waals surface area contributed by atoms with Gasteiger partial charge in [-0.1, -0.05) is 28.1 Å². The number of ether oxygens (including phenoxy) is 3. The molecule has 1 heterocycles. The maximum absolute atomic E-state index is 12.4. The molecule has 1 amide bonds. The Morgan fingerprint density at radius 1 is 1.16 bits per heavy atom. The number of hydrogen-bond acceptors (Lipinski definition) is 5. The number of esters is 1. The van der Waals surface area contributed by atoms with Gasteiger partial charge < -0.3 is 19.5 Å². The van der Waals surface area contributed by atoms with Gasteiger partial charge in [-0.15, -0.1) is 0 Å². The largest absolute Gasteiger partial charge is 0.486 e. The van der Waals surface area contributed by atoms with Crippen molar-refractivity contribution in [1.29, 1.82) is 0 Å². The zero-order chi connectivity index (χ0) is 17.8. The van der Waals surface area contributed by atoms with Gasteiger partial charge in [0.1, 0.15) is 13.2 Å². The van der Waals surface area contributed by atoms with Crippen molar-refractivity contribution >= 4 is 33.5 Å². The number of halogens is 1. The molecule has 0 unspecified atom stereocenters. The summed E-state index contributed by atoms with van der Waals surface area (Å²) in [6.07, 6.45) is 0.118. The van der Waals surface area contributed by atoms with Gasteiger partial charge in [0.25, 0.3) is 0 Å². The summed E-state index contributed by atoms with van der Waals surface area (Å²) in [7, 11) is 1.30. The molecule has 0 aromatic heterocycles. The monoisotopic (exact) mass is 405 g/mol. The van der Waals surface area contributed by atoms with Crippen molar-refractivity contribution in [2.24, 2.45) is 0 Å². The molecule has 3 rings (SSSR count). The van der Waals surface area contributed by atoms with Gasteiger partial charge in [-0.3, -0.25) is 4.79 Å². The van der Waals surface area contributed by atoms with Crippen molar-refractivity contribution in [2.45, 2.75) is 6.42 Å². The number of nitrogens with one attached hydrogen (secondary N) is 1. The van der Waals surface area contributed by atoms with Crippen LogP contribution >= 0.6 is 15.9 Å². The lowest BCUT2D eigenvalue weighted by Crippen LogP contribution is -2.18. The van der Waals surface area contributed by atoms with E-state index >= 15 is 0 Å². The van der Waals surface area contributed by atoms with E-state index in [0.717, 1.165) is 10.0 Å². The molecule has 1 aliphatic heterocycles. The molecule has 130 valence electrons. The maximum Gasteiger partial charge on any atom is 0.339 e. The fourth-order valence-electron chi connectivity index (χ4n) is 2.49. The van der Waals surface area contributed by atoms with Crippen LogP contribution in [0.2, 0.25) is 0 Å². The lowest BCUT2D eigenvalue weighted by Gasteiger charge is -2.20. The predicted octanol–water partition coefficient (Wildman–Crippen LogP) is 3.19. The third-order valence-electron chi connectivity index (χ3n) is 3.67. The van der Waals surface area contributed by atoms with Crippen LogP contribution in [0.25, 0.3) is 0 Å². The van der Waals surface area contributed by atoms with E-state index < -0.39 is 5.97 Å². The number of benzene rings is 2. The Balaban J connectivity index is 1.77. The molecule has 6 nitrogen and oxygen atoms in total. The zero-order valence-corrected chi connectivity index (χ0v) is 15.1. The highest BCUT2D eigenvalue weighted by Gasteiger charge is 2.18. The zero-order valence-electron chi connectivity index (χ0n) is 13.5. The summed E-state index contributed by atoms with van der Waals surface area (Å²) in [4.78, 5) is 24.2. The number of anilines is 1. The summed E-state index contributed by atoms with van der Waals surface area (Å²) in [6, 6.07) is 10.3. The number of fused-ring (bicyclic) bond motifs is 1. The fourth-order valence-corrected chi connectivity index (χ4v) is 2.95. The first-order chi connectivity index (χ1) is 12.1. The smallest absolute Gasteiger partial charge is 0.339 e. The minimum atomic E-state index is -0.503. The molecule has 7 heteroatoms. The van der Waals surface area contributed by atoms with E-state index in [-0.39, 0.29) is 12.3 Å². The number of rotatable bonds is 4. The van der Waals surface area contributed by atoms with Crippen molar-refractivity contribution in [1.82, 2.24) is 0 Å². The lowest BCUT2D eigenvalue weighted by atomic mass is 10.1. The van der Waals surface area contributed by atoms with Crippen LogP contribution in [0, 0.1) is 0 Å². The molecule has 0 atom stereocenters. The van der Waals surface area contributed by atoms with Crippen LogP contribution < -0.4 is 14.8 Å². The molecule has 0 bridgehead atoms. The Kier molecular flexibility index (Phi) is 5.23. The Hall–Kier alpha value is -2.54. The van der Waals surface area contributed by atoms with Crippen molar-refractivity contribution in [3.8, 4) is 11.5 Å². The summed E-state index contributed by atoms with van der Waals surface area (Å²) in [5, 5.41) is 2.75. The summed E-state index contributed by atoms with van der Waals surface area (Å²) >= 11 is 3.45. The van der Waals surface area contributed by atoms with Gasteiger partial charge in [-0.25, -0.2) is 4.79 Å². The highest BCUT2D eigenvalue weighted by Crippen LogP contribution is 2.35. The molecular formula is C18H16BrNO5. The Morgan fingerprint density at radius 3 is 2.56 bits per heavy atom. The Labute approximate surface area is 153 Å². The van der Waals surface area contributed by atoms with Gasteiger partial charge in [0.2, 0.25) is 5.91 Å². The SMILES string of the molecule is COC(=O)c1ccccc1NC(=O)Cc1cc2c(cc1Br)OCCO2. The van der Waals surface area contributed by atoms with Gasteiger partial charge in [0.05, 0.1) is 24.8 Å². The second-order valence-corrected chi connectivity index (χ2v) is 6.20. The Bertz CT molecular complexity index is 821. The summed E-state index contributed by atoms with van der Waals surface area (Å²) < 4.78 is 16.5. The first kappa shape index (κ1) is 17.3. The molecule has 0 radical (unpaired) electrons. The standard InChI is InChI=1S/C18H16BrNO5/c1-23-18(22)12-4-2-3-5-14(12)20-17(21)9-11-8-15-16(10-13(11)19)25-7-6-24-15/h2-5,8,10H,6-7,9H2,1H3,(H,20,21). The van der Waals surface area contributed by atoms with Crippen molar-refractivity contribution in [3.05, 3.63) is 52.0 Å². The molecule has 1 aliphatic rings. The third-order valence-corrected chi connectivity index (χ3v) is 4.41. The van der Waals surface area contributed by atoms with E-state index in [1.54, 1.807) is 36.4 Å². The summed E-state index contributed by atoms with van der Waals surface area (Å²) in [6.45, 7) is 0.982. The van der Waals surface area contributed by atoms with Crippen molar-refractivity contribution < 1.29 is 23.8 Å². The van der Waals surface area contributed by atoms with Crippen molar-refractivity contribution in [2.75, 3.05) is 25.6 Å². The average Bonchev–Trinajstić information content (AvgIpc) is 2.62. The van der Waals surface area contributed by atoms with Crippen molar-refractivity contribution in [3.63, 3.8) is 0 Å². The maximum atomic E-state index is 12.4. The van der Waals surface area contributed by atoms with Crippen LogP contribution in [0.1, 0.15) is 15.9 Å². The number of methoxy groups -OCH3 is 1. The van der Waals surface area contributed by atoms with E-state index in [4.69, 9.17) is 14.2 Å². The first-order valence-corrected chi connectivity index (χ1v) is 8.43. The molecule has 0 saturated carbocycles. The predicted molar refractivity (Wildman–Crippen MR) is 95.2 cm³/mol. The van der Waals surface area contributed by atoms with Gasteiger partial charge in [0, 0.05) is 4.47 Å². The van der Waals surface area contributed by atoms with Crippen LogP contribution in [0.3, 0.4) is 0 Å². The molecule has 0 spiro atoms. The minimum absolute atomic E-state index is 0.118. The first-order valence-electron chi connectivity index (χ1n) is 7.63. The molecular weight excluding hydrogens is 390 g/mol. The van der Waals surface area contributed by atoms with E-state index in [2.05, 4.69) is 21.2 Å². The van der Waals surface area contributed by atoms with Crippen LogP contribution in [-0.4, -0.2) is 32.2 Å². The van der Waals surface area contributed by atoms with Crippen LogP contribution in [-0.2, 0) is 16.0 Å². The van der Waals surface area contributed by atoms with Crippen LogP contribution in [0.15, 0.2) is 40.9 Å². The normalized spacial score (nSPS) is 12.4. The minimum Gasteiger partial charge on any atom is -0.486 e. The number of carbonyl (C=O) groups is 2. The van der Waals surface area contributed by atoms with Crippen LogP contribution in [0.4, 0.5) is 5.69 Å². The topological polar surface area (TPSA) is 73.9 Å². The quantitative estimate of drug-likeness (QED) is 0.790. The van der Waals surface area contributed by atoms with Gasteiger partial charge in [-0.05, 0) is 29.8 Å². The van der Waals surface area contributed by atoms with E-state index in [0.29, 0.717) is 36.0 Å². The van der Waals surface area contributed by atoms with Gasteiger partial charge >= 0.3 is 5.97 Å². The molecule has 0 saturated heterocycles. The Morgan fingerprint density at radius 2 is 1.84 bits per heavy atom. The lowest BCUT2D eigenvalue weighted by molar-refractivity contribution is -0.115. The molecule has 0 aliphatic carbocycles. The molecule has 2 aromatic rings. The molecule has 1 N–H and O–H groups in total. The van der Waals surface area contributed by atoms with Gasteiger partial charge in [0.15, 0.2) is 11.5 Å². The van der Waals surface area contributed by atoms with E-state index in [9.17, 15) is 9.59 Å². The highest BCUT2D eigenvalue weighted by atomic mass is 79.9.